The molecule has 2 aromatic rings. The molecule has 0 saturated carbocycles. The van der Waals surface area contributed by atoms with Crippen molar-refractivity contribution in [2.45, 2.75) is 6.92 Å². The van der Waals surface area contributed by atoms with E-state index < -0.39 is 0 Å². The molecule has 0 heterocycles. The molecular formula is C15H15BrN2O2. The summed E-state index contributed by atoms with van der Waals surface area (Å²) < 4.78 is 5.91. The fraction of sp³-hybridized carbons (Fsp3) is 0.133. The van der Waals surface area contributed by atoms with Gasteiger partial charge in [-0.2, -0.15) is 0 Å². The van der Waals surface area contributed by atoms with Crippen molar-refractivity contribution < 1.29 is 9.53 Å². The van der Waals surface area contributed by atoms with Gasteiger partial charge in [-0.25, -0.2) is 0 Å². The third-order valence-electron chi connectivity index (χ3n) is 2.86. The zero-order valence-corrected chi connectivity index (χ0v) is 12.8. The molecule has 0 saturated heterocycles. The molecule has 0 aliphatic rings. The molecular weight excluding hydrogens is 320 g/mol. The Balaban J connectivity index is 2.23. The van der Waals surface area contributed by atoms with Gasteiger partial charge in [-0.15, -0.1) is 0 Å². The van der Waals surface area contributed by atoms with Gasteiger partial charge in [0.15, 0.2) is 0 Å². The minimum Gasteiger partial charge on any atom is -0.497 e. The molecule has 2 rings (SSSR count). The molecule has 0 atom stereocenters. The first-order chi connectivity index (χ1) is 9.49. The Morgan fingerprint density at radius 1 is 1.25 bits per heavy atom. The van der Waals surface area contributed by atoms with Gasteiger partial charge in [0, 0.05) is 21.4 Å². The molecule has 0 spiro atoms. The number of hydrogen-bond acceptors (Lipinski definition) is 3. The van der Waals surface area contributed by atoms with Crippen molar-refractivity contribution in [3.63, 3.8) is 0 Å². The largest absolute Gasteiger partial charge is 0.497 e. The summed E-state index contributed by atoms with van der Waals surface area (Å²) in [5, 5.41) is 2.86. The highest BCUT2D eigenvalue weighted by Gasteiger charge is 2.09. The number of rotatable bonds is 3. The average Bonchev–Trinajstić information content (AvgIpc) is 2.39. The fourth-order valence-corrected chi connectivity index (χ4v) is 2.35. The minimum atomic E-state index is -0.203. The number of hydrogen-bond donors (Lipinski definition) is 2. The van der Waals surface area contributed by atoms with Crippen molar-refractivity contribution in [1.29, 1.82) is 0 Å². The molecule has 4 nitrogen and oxygen atoms in total. The third kappa shape index (κ3) is 3.30. The molecule has 0 fully saturated rings. The molecule has 0 aromatic heterocycles. The van der Waals surface area contributed by atoms with Crippen LogP contribution in [0.1, 0.15) is 15.9 Å². The highest BCUT2D eigenvalue weighted by molar-refractivity contribution is 9.10. The predicted molar refractivity (Wildman–Crippen MR) is 84.2 cm³/mol. The minimum absolute atomic E-state index is 0.203. The molecule has 0 aliphatic heterocycles. The van der Waals surface area contributed by atoms with E-state index >= 15 is 0 Å². The monoisotopic (exact) mass is 334 g/mol. The van der Waals surface area contributed by atoms with Crippen molar-refractivity contribution in [2.75, 3.05) is 18.2 Å². The van der Waals surface area contributed by atoms with E-state index in [2.05, 4.69) is 21.2 Å². The van der Waals surface area contributed by atoms with Crippen molar-refractivity contribution in [2.24, 2.45) is 0 Å². The van der Waals surface area contributed by atoms with Gasteiger partial charge >= 0.3 is 0 Å². The van der Waals surface area contributed by atoms with Gasteiger partial charge in [0.05, 0.1) is 7.11 Å². The quantitative estimate of drug-likeness (QED) is 0.843. The summed E-state index contributed by atoms with van der Waals surface area (Å²) in [7, 11) is 1.61. The first-order valence-corrected chi connectivity index (χ1v) is 6.81. The van der Waals surface area contributed by atoms with E-state index in [-0.39, 0.29) is 5.91 Å². The second-order valence-electron chi connectivity index (χ2n) is 4.41. The SMILES string of the molecule is COc1ccc(NC(=O)c2cc(N)cc(Br)c2)c(C)c1. The standard InChI is InChI=1S/C15H15BrN2O2/c1-9-5-13(20-2)3-4-14(9)18-15(19)10-6-11(16)8-12(17)7-10/h3-8H,17H2,1-2H3,(H,18,19). The van der Waals surface area contributed by atoms with Crippen LogP contribution in [0.4, 0.5) is 11.4 Å². The van der Waals surface area contributed by atoms with E-state index in [9.17, 15) is 4.79 Å². The Kier molecular flexibility index (Phi) is 4.29. The fourth-order valence-electron chi connectivity index (χ4n) is 1.84. The Morgan fingerprint density at radius 2 is 2.00 bits per heavy atom. The van der Waals surface area contributed by atoms with Crippen molar-refractivity contribution in [3.05, 3.63) is 52.0 Å². The van der Waals surface area contributed by atoms with E-state index in [1.54, 1.807) is 31.4 Å². The lowest BCUT2D eigenvalue weighted by molar-refractivity contribution is 0.102. The van der Waals surface area contributed by atoms with E-state index in [4.69, 9.17) is 10.5 Å². The lowest BCUT2D eigenvalue weighted by Gasteiger charge is -2.10. The zero-order valence-electron chi connectivity index (χ0n) is 11.2. The maximum atomic E-state index is 12.2. The number of halogens is 1. The summed E-state index contributed by atoms with van der Waals surface area (Å²) in [6, 6.07) is 10.6. The molecule has 0 radical (unpaired) electrons. The number of carbonyl (C=O) groups excluding carboxylic acids is 1. The number of carbonyl (C=O) groups is 1. The highest BCUT2D eigenvalue weighted by atomic mass is 79.9. The molecule has 0 unspecified atom stereocenters. The number of nitrogens with one attached hydrogen (secondary N) is 1. The zero-order chi connectivity index (χ0) is 14.7. The van der Waals surface area contributed by atoms with Gasteiger partial charge < -0.3 is 15.8 Å². The Morgan fingerprint density at radius 3 is 2.60 bits per heavy atom. The molecule has 2 aromatic carbocycles. The van der Waals surface area contributed by atoms with Gasteiger partial charge in [-0.05, 0) is 48.9 Å². The highest BCUT2D eigenvalue weighted by Crippen LogP contribution is 2.23. The maximum absolute atomic E-state index is 12.2. The second-order valence-corrected chi connectivity index (χ2v) is 5.32. The molecule has 0 bridgehead atoms. The number of aryl methyl sites for hydroxylation is 1. The van der Waals surface area contributed by atoms with Crippen LogP contribution in [0.3, 0.4) is 0 Å². The molecule has 0 aliphatic carbocycles. The van der Waals surface area contributed by atoms with Gasteiger partial charge in [0.2, 0.25) is 0 Å². The third-order valence-corrected chi connectivity index (χ3v) is 3.32. The summed E-state index contributed by atoms with van der Waals surface area (Å²) in [6.45, 7) is 1.91. The van der Waals surface area contributed by atoms with Crippen LogP contribution in [0.25, 0.3) is 0 Å². The second kappa shape index (κ2) is 5.96. The van der Waals surface area contributed by atoms with Gasteiger partial charge in [-0.1, -0.05) is 15.9 Å². The normalized spacial score (nSPS) is 10.2. The number of amides is 1. The molecule has 20 heavy (non-hydrogen) atoms. The predicted octanol–water partition coefficient (Wildman–Crippen LogP) is 3.60. The lowest BCUT2D eigenvalue weighted by Crippen LogP contribution is -2.13. The van der Waals surface area contributed by atoms with Crippen LogP contribution in [0.5, 0.6) is 5.75 Å². The number of ether oxygens (including phenoxy) is 1. The molecule has 104 valence electrons. The van der Waals surface area contributed by atoms with E-state index in [0.717, 1.165) is 21.5 Å². The maximum Gasteiger partial charge on any atom is 0.255 e. The summed E-state index contributed by atoms with van der Waals surface area (Å²) in [5.41, 5.74) is 8.45. The van der Waals surface area contributed by atoms with Crippen LogP contribution in [0, 0.1) is 6.92 Å². The summed E-state index contributed by atoms with van der Waals surface area (Å²) in [4.78, 5) is 12.2. The van der Waals surface area contributed by atoms with Gasteiger partial charge in [0.1, 0.15) is 5.75 Å². The molecule has 5 heteroatoms. The summed E-state index contributed by atoms with van der Waals surface area (Å²) in [6.07, 6.45) is 0. The summed E-state index contributed by atoms with van der Waals surface area (Å²) >= 11 is 3.32. The van der Waals surface area contributed by atoms with Crippen LogP contribution in [-0.2, 0) is 0 Å². The number of methoxy groups -OCH3 is 1. The van der Waals surface area contributed by atoms with Gasteiger partial charge in [-0.3, -0.25) is 4.79 Å². The van der Waals surface area contributed by atoms with Crippen molar-refractivity contribution in [3.8, 4) is 5.75 Å². The average molecular weight is 335 g/mol. The first kappa shape index (κ1) is 14.4. The van der Waals surface area contributed by atoms with Crippen LogP contribution < -0.4 is 15.8 Å². The van der Waals surface area contributed by atoms with E-state index in [0.29, 0.717) is 11.3 Å². The van der Waals surface area contributed by atoms with E-state index in [1.807, 2.05) is 19.1 Å². The Labute approximate surface area is 126 Å². The summed E-state index contributed by atoms with van der Waals surface area (Å²) in [5.74, 6) is 0.554. The van der Waals surface area contributed by atoms with E-state index in [1.165, 1.54) is 0 Å². The Hall–Kier alpha value is -2.01. The number of nitrogen functional groups attached to an aromatic ring is 1. The van der Waals surface area contributed by atoms with Gasteiger partial charge in [0.25, 0.3) is 5.91 Å². The first-order valence-electron chi connectivity index (χ1n) is 6.01. The van der Waals surface area contributed by atoms with Crippen molar-refractivity contribution >= 4 is 33.2 Å². The lowest BCUT2D eigenvalue weighted by atomic mass is 10.1. The number of anilines is 2. The van der Waals surface area contributed by atoms with Crippen LogP contribution in [-0.4, -0.2) is 13.0 Å². The number of benzene rings is 2. The molecule has 1 amide bonds. The topological polar surface area (TPSA) is 64.3 Å². The molecule has 3 N–H and O–H groups in total. The Bertz CT molecular complexity index is 636. The number of nitrogens with two attached hydrogens (primary N) is 1. The van der Waals surface area contributed by atoms with Crippen LogP contribution >= 0.6 is 15.9 Å². The van der Waals surface area contributed by atoms with Crippen molar-refractivity contribution in [1.82, 2.24) is 0 Å². The van der Waals surface area contributed by atoms with Crippen LogP contribution in [0.15, 0.2) is 40.9 Å². The van der Waals surface area contributed by atoms with Crippen LogP contribution in [0.2, 0.25) is 0 Å². The smallest absolute Gasteiger partial charge is 0.255 e.